The molecule has 126 valence electrons. The van der Waals surface area contributed by atoms with Gasteiger partial charge in [0.05, 0.1) is 17.2 Å². The fraction of sp³-hybridized carbons (Fsp3) is 0.294. The van der Waals surface area contributed by atoms with E-state index in [2.05, 4.69) is 27.2 Å². The lowest BCUT2D eigenvalue weighted by atomic mass is 10.1. The quantitative estimate of drug-likeness (QED) is 0.783. The second-order valence-corrected chi connectivity index (χ2v) is 7.97. The first kappa shape index (κ1) is 16.4. The molecule has 1 fully saturated rings. The van der Waals surface area contributed by atoms with Gasteiger partial charge in [-0.25, -0.2) is 13.4 Å². The van der Waals surface area contributed by atoms with E-state index in [0.29, 0.717) is 24.7 Å². The van der Waals surface area contributed by atoms with Crippen LogP contribution in [0.3, 0.4) is 0 Å². The molecule has 2 heterocycles. The highest BCUT2D eigenvalue weighted by molar-refractivity contribution is 7.91. The molecule has 1 aliphatic rings. The zero-order chi connectivity index (χ0) is 17.0. The lowest BCUT2D eigenvalue weighted by Gasteiger charge is -2.14. The van der Waals surface area contributed by atoms with E-state index in [1.165, 1.54) is 0 Å². The number of nitrogens with zero attached hydrogens (tertiary/aromatic N) is 2. The van der Waals surface area contributed by atoms with E-state index in [9.17, 15) is 8.42 Å². The van der Waals surface area contributed by atoms with Crippen LogP contribution in [-0.4, -0.2) is 42.5 Å². The molecular weight excluding hydrogens is 324 g/mol. The number of nitrogens with one attached hydrogen (secondary N) is 2. The molecule has 0 aliphatic carbocycles. The van der Waals surface area contributed by atoms with Crippen molar-refractivity contribution in [2.75, 3.05) is 28.7 Å². The number of hydrogen-bond donors (Lipinski definition) is 2. The Balaban J connectivity index is 1.88. The highest BCUT2D eigenvalue weighted by Gasteiger charge is 2.28. The molecule has 1 saturated heterocycles. The SMILES string of the molecule is C=CCNc1cc(-c2ccccc2)nc(NC2CCS(=O)(=O)C2)n1. The first-order valence-electron chi connectivity index (χ1n) is 7.82. The molecule has 7 heteroatoms. The standard InChI is InChI=1S/C17H20N4O2S/c1-2-9-18-16-11-15(13-6-4-3-5-7-13)20-17(21-16)19-14-8-10-24(22,23)12-14/h2-7,11,14H,1,8-10,12H2,(H2,18,19,20,21). The molecule has 3 rings (SSSR count). The van der Waals surface area contributed by atoms with Gasteiger partial charge < -0.3 is 10.6 Å². The maximum absolute atomic E-state index is 11.6. The van der Waals surface area contributed by atoms with Crippen molar-refractivity contribution >= 4 is 21.6 Å². The van der Waals surface area contributed by atoms with E-state index in [0.717, 1.165) is 11.3 Å². The van der Waals surface area contributed by atoms with Gasteiger partial charge in [0.1, 0.15) is 5.82 Å². The van der Waals surface area contributed by atoms with Gasteiger partial charge in [-0.2, -0.15) is 4.98 Å². The number of aromatic nitrogens is 2. The molecule has 1 atom stereocenters. The van der Waals surface area contributed by atoms with Gasteiger partial charge >= 0.3 is 0 Å². The van der Waals surface area contributed by atoms with Gasteiger partial charge in [-0.05, 0) is 6.42 Å². The van der Waals surface area contributed by atoms with Crippen molar-refractivity contribution in [1.29, 1.82) is 0 Å². The average molecular weight is 344 g/mol. The van der Waals surface area contributed by atoms with Crippen LogP contribution in [0.1, 0.15) is 6.42 Å². The molecular formula is C17H20N4O2S. The summed E-state index contributed by atoms with van der Waals surface area (Å²) in [6.07, 6.45) is 2.33. The highest BCUT2D eigenvalue weighted by Crippen LogP contribution is 2.23. The van der Waals surface area contributed by atoms with Crippen LogP contribution < -0.4 is 10.6 Å². The topological polar surface area (TPSA) is 84.0 Å². The minimum absolute atomic E-state index is 0.126. The number of hydrogen-bond acceptors (Lipinski definition) is 6. The summed E-state index contributed by atoms with van der Waals surface area (Å²) in [6, 6.07) is 11.5. The maximum atomic E-state index is 11.6. The van der Waals surface area contributed by atoms with E-state index in [-0.39, 0.29) is 17.5 Å². The third kappa shape index (κ3) is 4.11. The van der Waals surface area contributed by atoms with Gasteiger partial charge in [0, 0.05) is 24.2 Å². The van der Waals surface area contributed by atoms with Gasteiger partial charge in [-0.1, -0.05) is 36.4 Å². The molecule has 1 aromatic carbocycles. The molecule has 0 radical (unpaired) electrons. The van der Waals surface area contributed by atoms with E-state index < -0.39 is 9.84 Å². The van der Waals surface area contributed by atoms with Crippen LogP contribution >= 0.6 is 0 Å². The lowest BCUT2D eigenvalue weighted by molar-refractivity contribution is 0.602. The number of anilines is 2. The normalized spacial score (nSPS) is 18.9. The van der Waals surface area contributed by atoms with E-state index >= 15 is 0 Å². The van der Waals surface area contributed by atoms with Crippen LogP contribution in [0.25, 0.3) is 11.3 Å². The maximum Gasteiger partial charge on any atom is 0.225 e. The van der Waals surface area contributed by atoms with Crippen LogP contribution in [-0.2, 0) is 9.84 Å². The van der Waals surface area contributed by atoms with Crippen molar-refractivity contribution in [2.45, 2.75) is 12.5 Å². The first-order valence-corrected chi connectivity index (χ1v) is 9.64. The summed E-state index contributed by atoms with van der Waals surface area (Å²) in [5, 5.41) is 6.31. The van der Waals surface area contributed by atoms with Gasteiger partial charge in [-0.3, -0.25) is 0 Å². The smallest absolute Gasteiger partial charge is 0.225 e. The highest BCUT2D eigenvalue weighted by atomic mass is 32.2. The molecule has 0 bridgehead atoms. The minimum atomic E-state index is -2.95. The Hall–Kier alpha value is -2.41. The van der Waals surface area contributed by atoms with Crippen molar-refractivity contribution in [3.8, 4) is 11.3 Å². The zero-order valence-electron chi connectivity index (χ0n) is 13.3. The van der Waals surface area contributed by atoms with Crippen LogP contribution in [0, 0.1) is 0 Å². The van der Waals surface area contributed by atoms with Crippen molar-refractivity contribution < 1.29 is 8.42 Å². The van der Waals surface area contributed by atoms with E-state index in [4.69, 9.17) is 0 Å². The van der Waals surface area contributed by atoms with Crippen molar-refractivity contribution in [2.24, 2.45) is 0 Å². The Kier molecular flexibility index (Phi) is 4.80. The zero-order valence-corrected chi connectivity index (χ0v) is 14.1. The van der Waals surface area contributed by atoms with Crippen LogP contribution in [0.15, 0.2) is 49.1 Å². The van der Waals surface area contributed by atoms with Crippen LogP contribution in [0.4, 0.5) is 11.8 Å². The van der Waals surface area contributed by atoms with Crippen LogP contribution in [0.5, 0.6) is 0 Å². The summed E-state index contributed by atoms with van der Waals surface area (Å²) in [4.78, 5) is 8.97. The Morgan fingerprint density at radius 1 is 1.25 bits per heavy atom. The Morgan fingerprint density at radius 3 is 2.71 bits per heavy atom. The lowest BCUT2D eigenvalue weighted by Crippen LogP contribution is -2.22. The summed E-state index contributed by atoms with van der Waals surface area (Å²) in [5.41, 5.74) is 1.75. The Morgan fingerprint density at radius 2 is 2.04 bits per heavy atom. The molecule has 0 spiro atoms. The van der Waals surface area contributed by atoms with Gasteiger partial charge in [0.25, 0.3) is 0 Å². The second-order valence-electron chi connectivity index (χ2n) is 5.74. The molecule has 2 aromatic rings. The fourth-order valence-corrected chi connectivity index (χ4v) is 4.30. The molecule has 0 saturated carbocycles. The minimum Gasteiger partial charge on any atom is -0.366 e. The van der Waals surface area contributed by atoms with Gasteiger partial charge in [0.15, 0.2) is 9.84 Å². The summed E-state index contributed by atoms with van der Waals surface area (Å²) in [7, 11) is -2.95. The fourth-order valence-electron chi connectivity index (χ4n) is 2.63. The first-order chi connectivity index (χ1) is 11.6. The number of benzene rings is 1. The molecule has 6 nitrogen and oxygen atoms in total. The molecule has 0 amide bonds. The van der Waals surface area contributed by atoms with Crippen LogP contribution in [0.2, 0.25) is 0 Å². The second kappa shape index (κ2) is 7.00. The Labute approximate surface area is 142 Å². The number of sulfone groups is 1. The van der Waals surface area contributed by atoms with Gasteiger partial charge in [-0.15, -0.1) is 6.58 Å². The summed E-state index contributed by atoms with van der Waals surface area (Å²) < 4.78 is 23.2. The number of rotatable bonds is 6. The largest absolute Gasteiger partial charge is 0.366 e. The Bertz CT molecular complexity index is 822. The third-order valence-corrected chi connectivity index (χ3v) is 5.56. The summed E-state index contributed by atoms with van der Waals surface area (Å²) >= 11 is 0. The molecule has 1 aromatic heterocycles. The molecule has 1 unspecified atom stereocenters. The van der Waals surface area contributed by atoms with E-state index in [1.54, 1.807) is 6.08 Å². The monoisotopic (exact) mass is 344 g/mol. The molecule has 2 N–H and O–H groups in total. The summed E-state index contributed by atoms with van der Waals surface area (Å²) in [5.74, 6) is 1.45. The third-order valence-electron chi connectivity index (χ3n) is 3.79. The average Bonchev–Trinajstić information content (AvgIpc) is 2.92. The predicted molar refractivity (Wildman–Crippen MR) is 96.8 cm³/mol. The van der Waals surface area contributed by atoms with Gasteiger partial charge in [0.2, 0.25) is 5.95 Å². The van der Waals surface area contributed by atoms with E-state index in [1.807, 2.05) is 36.4 Å². The molecule has 24 heavy (non-hydrogen) atoms. The summed E-state index contributed by atoms with van der Waals surface area (Å²) in [6.45, 7) is 4.28. The predicted octanol–water partition coefficient (Wildman–Crippen LogP) is 2.34. The van der Waals surface area contributed by atoms with Crippen molar-refractivity contribution in [3.63, 3.8) is 0 Å². The van der Waals surface area contributed by atoms with Crippen molar-refractivity contribution in [1.82, 2.24) is 9.97 Å². The van der Waals surface area contributed by atoms with Crippen molar-refractivity contribution in [3.05, 3.63) is 49.1 Å². The molecule has 1 aliphatic heterocycles.